The van der Waals surface area contributed by atoms with E-state index in [0.717, 1.165) is 0 Å². The van der Waals surface area contributed by atoms with Crippen LogP contribution in [0, 0.1) is 0 Å². The van der Waals surface area contributed by atoms with Gasteiger partial charge in [0.1, 0.15) is 12.3 Å². The van der Waals surface area contributed by atoms with Crippen LogP contribution in [0.25, 0.3) is 0 Å². The van der Waals surface area contributed by atoms with Gasteiger partial charge in [-0.05, 0) is 26.0 Å². The van der Waals surface area contributed by atoms with Crippen LogP contribution in [0.4, 0.5) is 5.82 Å². The standard InChI is InChI=1S/C16H19N3O4/c1-11(2)23-13-7-5-4-6-12(13)16(21)17-14-8-9-19(18-14)10-15(20)22-3/h4-9,11H,10H2,1-3H3,(H,17,18,21). The highest BCUT2D eigenvalue weighted by Crippen LogP contribution is 2.20. The van der Waals surface area contributed by atoms with Crippen LogP contribution in [0.5, 0.6) is 5.75 Å². The third kappa shape index (κ3) is 4.57. The lowest BCUT2D eigenvalue weighted by Gasteiger charge is -2.13. The summed E-state index contributed by atoms with van der Waals surface area (Å²) in [7, 11) is 1.31. The molecule has 2 aromatic rings. The van der Waals surface area contributed by atoms with Crippen molar-refractivity contribution in [1.29, 1.82) is 0 Å². The Kier molecular flexibility index (Phi) is 5.35. The minimum Gasteiger partial charge on any atom is -0.490 e. The number of hydrogen-bond acceptors (Lipinski definition) is 5. The topological polar surface area (TPSA) is 82.5 Å². The van der Waals surface area contributed by atoms with Gasteiger partial charge >= 0.3 is 5.97 Å². The second-order valence-corrected chi connectivity index (χ2v) is 5.09. The fourth-order valence-electron chi connectivity index (χ4n) is 1.91. The van der Waals surface area contributed by atoms with Crippen molar-refractivity contribution >= 4 is 17.7 Å². The number of anilines is 1. The van der Waals surface area contributed by atoms with Gasteiger partial charge in [0.05, 0.1) is 18.8 Å². The van der Waals surface area contributed by atoms with E-state index >= 15 is 0 Å². The first-order valence-corrected chi connectivity index (χ1v) is 7.17. The van der Waals surface area contributed by atoms with Crippen LogP contribution >= 0.6 is 0 Å². The van der Waals surface area contributed by atoms with Gasteiger partial charge in [-0.2, -0.15) is 5.10 Å². The summed E-state index contributed by atoms with van der Waals surface area (Å²) in [5.41, 5.74) is 0.420. The van der Waals surface area contributed by atoms with Crippen LogP contribution < -0.4 is 10.1 Å². The van der Waals surface area contributed by atoms with Crippen LogP contribution in [0.3, 0.4) is 0 Å². The molecule has 1 amide bonds. The number of methoxy groups -OCH3 is 1. The van der Waals surface area contributed by atoms with Crippen molar-refractivity contribution in [2.24, 2.45) is 0 Å². The molecule has 0 atom stereocenters. The summed E-state index contributed by atoms with van der Waals surface area (Å²) < 4.78 is 11.6. The fraction of sp³-hybridized carbons (Fsp3) is 0.312. The molecule has 23 heavy (non-hydrogen) atoms. The molecular weight excluding hydrogens is 298 g/mol. The van der Waals surface area contributed by atoms with Gasteiger partial charge in [-0.25, -0.2) is 0 Å². The zero-order valence-electron chi connectivity index (χ0n) is 13.3. The summed E-state index contributed by atoms with van der Waals surface area (Å²) >= 11 is 0. The lowest BCUT2D eigenvalue weighted by Crippen LogP contribution is -2.17. The van der Waals surface area contributed by atoms with E-state index in [4.69, 9.17) is 4.74 Å². The Bertz CT molecular complexity index is 694. The van der Waals surface area contributed by atoms with Crippen LogP contribution in [0.15, 0.2) is 36.5 Å². The van der Waals surface area contributed by atoms with Gasteiger partial charge in [0, 0.05) is 12.3 Å². The molecule has 1 aromatic heterocycles. The summed E-state index contributed by atoms with van der Waals surface area (Å²) in [6, 6.07) is 8.59. The molecule has 0 spiro atoms. The van der Waals surface area contributed by atoms with Gasteiger partial charge in [-0.3, -0.25) is 14.3 Å². The average Bonchev–Trinajstić information content (AvgIpc) is 2.94. The molecule has 0 aliphatic carbocycles. The highest BCUT2D eigenvalue weighted by Gasteiger charge is 2.14. The van der Waals surface area contributed by atoms with Gasteiger partial charge in [0.2, 0.25) is 0 Å². The smallest absolute Gasteiger partial charge is 0.327 e. The minimum absolute atomic E-state index is 0.0145. The number of nitrogens with zero attached hydrogens (tertiary/aromatic N) is 2. The van der Waals surface area contributed by atoms with Crippen LogP contribution in [-0.4, -0.2) is 34.9 Å². The third-order valence-corrected chi connectivity index (χ3v) is 2.90. The number of carbonyl (C=O) groups is 2. The van der Waals surface area contributed by atoms with Crippen molar-refractivity contribution in [1.82, 2.24) is 9.78 Å². The maximum Gasteiger partial charge on any atom is 0.327 e. The minimum atomic E-state index is -0.415. The number of nitrogens with one attached hydrogen (secondary N) is 1. The lowest BCUT2D eigenvalue weighted by molar-refractivity contribution is -0.141. The first-order valence-electron chi connectivity index (χ1n) is 7.17. The number of hydrogen-bond donors (Lipinski definition) is 1. The average molecular weight is 317 g/mol. The highest BCUT2D eigenvalue weighted by molar-refractivity contribution is 6.05. The summed E-state index contributed by atoms with van der Waals surface area (Å²) in [5.74, 6) is 0.110. The number of ether oxygens (including phenoxy) is 2. The summed E-state index contributed by atoms with van der Waals surface area (Å²) in [4.78, 5) is 23.6. The second-order valence-electron chi connectivity index (χ2n) is 5.09. The number of benzene rings is 1. The predicted octanol–water partition coefficient (Wildman–Crippen LogP) is 2.10. The predicted molar refractivity (Wildman–Crippen MR) is 84.4 cm³/mol. The summed E-state index contributed by atoms with van der Waals surface area (Å²) in [6.07, 6.45) is 1.55. The van der Waals surface area contributed by atoms with Gasteiger partial charge in [-0.1, -0.05) is 12.1 Å². The molecule has 0 saturated heterocycles. The maximum atomic E-state index is 12.4. The highest BCUT2D eigenvalue weighted by atomic mass is 16.5. The van der Waals surface area contributed by atoms with Gasteiger partial charge in [0.15, 0.2) is 5.82 Å². The van der Waals surface area contributed by atoms with Gasteiger partial charge < -0.3 is 14.8 Å². The lowest BCUT2D eigenvalue weighted by atomic mass is 10.2. The Hall–Kier alpha value is -2.83. The van der Waals surface area contributed by atoms with E-state index in [1.165, 1.54) is 11.8 Å². The number of rotatable bonds is 6. The van der Waals surface area contributed by atoms with E-state index in [9.17, 15) is 9.59 Å². The Labute approximate surface area is 134 Å². The van der Waals surface area contributed by atoms with Crippen molar-refractivity contribution in [3.05, 3.63) is 42.1 Å². The molecule has 0 radical (unpaired) electrons. The number of carbonyl (C=O) groups excluding carboxylic acids is 2. The summed E-state index contributed by atoms with van der Waals surface area (Å²) in [5, 5.41) is 6.78. The molecule has 1 aromatic carbocycles. The molecular formula is C16H19N3O4. The SMILES string of the molecule is COC(=O)Cn1ccc(NC(=O)c2ccccc2OC(C)C)n1. The van der Waals surface area contributed by atoms with Crippen molar-refractivity contribution in [3.8, 4) is 5.75 Å². The van der Waals surface area contributed by atoms with Crippen LogP contribution in [-0.2, 0) is 16.1 Å². The quantitative estimate of drug-likeness (QED) is 0.825. The van der Waals surface area contributed by atoms with Crippen molar-refractivity contribution in [2.45, 2.75) is 26.5 Å². The number of aromatic nitrogens is 2. The molecule has 0 bridgehead atoms. The molecule has 7 heteroatoms. The summed E-state index contributed by atoms with van der Waals surface area (Å²) in [6.45, 7) is 3.77. The van der Waals surface area contributed by atoms with E-state index in [-0.39, 0.29) is 18.6 Å². The van der Waals surface area contributed by atoms with E-state index < -0.39 is 5.97 Å². The number of esters is 1. The molecule has 0 aliphatic rings. The third-order valence-electron chi connectivity index (χ3n) is 2.90. The molecule has 0 aliphatic heterocycles. The van der Waals surface area contributed by atoms with E-state index in [2.05, 4.69) is 15.2 Å². The van der Waals surface area contributed by atoms with Crippen molar-refractivity contribution in [2.75, 3.05) is 12.4 Å². The Morgan fingerprint density at radius 1 is 1.26 bits per heavy atom. The number of para-hydroxylation sites is 1. The molecule has 7 nitrogen and oxygen atoms in total. The fourth-order valence-corrected chi connectivity index (χ4v) is 1.91. The number of amides is 1. The first-order chi connectivity index (χ1) is 11.0. The molecule has 0 saturated carbocycles. The zero-order valence-corrected chi connectivity index (χ0v) is 13.3. The molecule has 2 rings (SSSR count). The largest absolute Gasteiger partial charge is 0.490 e. The monoisotopic (exact) mass is 317 g/mol. The molecule has 1 heterocycles. The Morgan fingerprint density at radius 3 is 2.70 bits per heavy atom. The van der Waals surface area contributed by atoms with Crippen molar-refractivity contribution in [3.63, 3.8) is 0 Å². The maximum absolute atomic E-state index is 12.4. The van der Waals surface area contributed by atoms with E-state index in [1.54, 1.807) is 36.5 Å². The van der Waals surface area contributed by atoms with Crippen molar-refractivity contribution < 1.29 is 19.1 Å². The Balaban J connectivity index is 2.09. The van der Waals surface area contributed by atoms with E-state index in [1.807, 2.05) is 13.8 Å². The van der Waals surface area contributed by atoms with Crippen LogP contribution in [0.1, 0.15) is 24.2 Å². The van der Waals surface area contributed by atoms with Crippen LogP contribution in [0.2, 0.25) is 0 Å². The van der Waals surface area contributed by atoms with Gasteiger partial charge in [0.25, 0.3) is 5.91 Å². The molecule has 1 N–H and O–H groups in total. The zero-order chi connectivity index (χ0) is 16.8. The molecule has 0 unspecified atom stereocenters. The second kappa shape index (κ2) is 7.44. The molecule has 0 fully saturated rings. The van der Waals surface area contributed by atoms with Gasteiger partial charge in [-0.15, -0.1) is 0 Å². The normalized spacial score (nSPS) is 10.4. The molecule has 122 valence electrons. The Morgan fingerprint density at radius 2 is 2.00 bits per heavy atom. The van der Waals surface area contributed by atoms with E-state index in [0.29, 0.717) is 17.1 Å². The first kappa shape index (κ1) is 16.5.